The van der Waals surface area contributed by atoms with Crippen LogP contribution in [-0.2, 0) is 6.61 Å². The number of benzene rings is 1. The summed E-state index contributed by atoms with van der Waals surface area (Å²) in [5.74, 6) is 0.901. The largest absolute Gasteiger partial charge is 0.487 e. The third-order valence-electron chi connectivity index (χ3n) is 2.62. The van der Waals surface area contributed by atoms with Gasteiger partial charge in [0.25, 0.3) is 0 Å². The molecule has 3 heteroatoms. The predicted octanol–water partition coefficient (Wildman–Crippen LogP) is 4.04. The fourth-order valence-electron chi connectivity index (χ4n) is 1.59. The number of pyridine rings is 1. The molecule has 0 aliphatic rings. The van der Waals surface area contributed by atoms with E-state index in [1.54, 1.807) is 6.20 Å². The van der Waals surface area contributed by atoms with Crippen LogP contribution < -0.4 is 4.74 Å². The van der Waals surface area contributed by atoms with E-state index in [0.29, 0.717) is 6.61 Å². The van der Waals surface area contributed by atoms with E-state index in [2.05, 4.69) is 20.9 Å². The van der Waals surface area contributed by atoms with E-state index in [1.165, 1.54) is 0 Å². The molecule has 2 aromatic rings. The number of aryl methyl sites for hydroxylation is 2. The van der Waals surface area contributed by atoms with Crippen molar-refractivity contribution in [2.45, 2.75) is 20.5 Å². The Balaban J connectivity index is 2.10. The third kappa shape index (κ3) is 3.07. The summed E-state index contributed by atoms with van der Waals surface area (Å²) in [6.45, 7) is 4.58. The van der Waals surface area contributed by atoms with Crippen LogP contribution in [-0.4, -0.2) is 4.98 Å². The molecule has 0 radical (unpaired) electrons. The van der Waals surface area contributed by atoms with Gasteiger partial charge in [0.1, 0.15) is 12.4 Å². The second-order valence-electron chi connectivity index (χ2n) is 3.97. The van der Waals surface area contributed by atoms with Gasteiger partial charge in [-0.3, -0.25) is 4.98 Å². The van der Waals surface area contributed by atoms with Crippen LogP contribution >= 0.6 is 15.9 Å². The number of rotatable bonds is 3. The van der Waals surface area contributed by atoms with Crippen molar-refractivity contribution in [3.8, 4) is 5.75 Å². The zero-order valence-corrected chi connectivity index (χ0v) is 11.5. The first-order chi connectivity index (χ1) is 8.16. The smallest absolute Gasteiger partial charge is 0.130 e. The lowest BCUT2D eigenvalue weighted by Crippen LogP contribution is -2.01. The quantitative estimate of drug-likeness (QED) is 0.851. The summed E-state index contributed by atoms with van der Waals surface area (Å²) in [7, 11) is 0. The van der Waals surface area contributed by atoms with Crippen molar-refractivity contribution in [2.75, 3.05) is 0 Å². The van der Waals surface area contributed by atoms with E-state index in [0.717, 1.165) is 27.0 Å². The van der Waals surface area contributed by atoms with Gasteiger partial charge in [-0.1, -0.05) is 22.0 Å². The number of hydrogen-bond donors (Lipinski definition) is 0. The molecule has 0 spiro atoms. The highest BCUT2D eigenvalue weighted by atomic mass is 79.9. The first-order valence-corrected chi connectivity index (χ1v) is 6.25. The fraction of sp³-hybridized carbons (Fsp3) is 0.214. The molecule has 88 valence electrons. The van der Waals surface area contributed by atoms with E-state index in [4.69, 9.17) is 4.74 Å². The van der Waals surface area contributed by atoms with Crippen LogP contribution in [0.25, 0.3) is 0 Å². The number of nitrogens with zero attached hydrogens (tertiary/aromatic N) is 1. The monoisotopic (exact) mass is 291 g/mol. The van der Waals surface area contributed by atoms with E-state index in [9.17, 15) is 0 Å². The van der Waals surface area contributed by atoms with Gasteiger partial charge in [0.15, 0.2) is 0 Å². The second kappa shape index (κ2) is 5.32. The Labute approximate surface area is 110 Å². The molecule has 1 heterocycles. The molecule has 2 nitrogen and oxygen atoms in total. The topological polar surface area (TPSA) is 22.1 Å². The lowest BCUT2D eigenvalue weighted by molar-refractivity contribution is 0.298. The average molecular weight is 292 g/mol. The summed E-state index contributed by atoms with van der Waals surface area (Å²) >= 11 is 3.44. The van der Waals surface area contributed by atoms with Crippen molar-refractivity contribution in [3.63, 3.8) is 0 Å². The average Bonchev–Trinajstić information content (AvgIpc) is 2.30. The summed E-state index contributed by atoms with van der Waals surface area (Å²) < 4.78 is 6.84. The molecular formula is C14H14BrNO. The van der Waals surface area contributed by atoms with Crippen LogP contribution in [0, 0.1) is 13.8 Å². The lowest BCUT2D eigenvalue weighted by Gasteiger charge is -2.10. The normalized spacial score (nSPS) is 10.3. The highest BCUT2D eigenvalue weighted by Crippen LogP contribution is 2.23. The Hall–Kier alpha value is -1.35. The summed E-state index contributed by atoms with van der Waals surface area (Å²) in [5, 5.41) is 0. The molecule has 0 atom stereocenters. The van der Waals surface area contributed by atoms with Crippen molar-refractivity contribution >= 4 is 15.9 Å². The minimum absolute atomic E-state index is 0.509. The minimum Gasteiger partial charge on any atom is -0.487 e. The zero-order chi connectivity index (χ0) is 12.3. The molecule has 1 aromatic heterocycles. The first-order valence-electron chi connectivity index (χ1n) is 5.46. The van der Waals surface area contributed by atoms with Gasteiger partial charge in [0, 0.05) is 10.7 Å². The Kier molecular flexibility index (Phi) is 3.79. The number of halogens is 1. The number of ether oxygens (including phenoxy) is 1. The van der Waals surface area contributed by atoms with Crippen LogP contribution in [0.3, 0.4) is 0 Å². The number of hydrogen-bond acceptors (Lipinski definition) is 2. The SMILES string of the molecule is Cc1cc(Br)ccc1OCc1ncccc1C. The maximum absolute atomic E-state index is 5.78. The van der Waals surface area contributed by atoms with E-state index >= 15 is 0 Å². The van der Waals surface area contributed by atoms with Gasteiger partial charge in [-0.05, 0) is 49.2 Å². The Bertz CT molecular complexity index is 525. The molecule has 0 aliphatic carbocycles. The maximum atomic E-state index is 5.78. The van der Waals surface area contributed by atoms with Gasteiger partial charge in [-0.25, -0.2) is 0 Å². The van der Waals surface area contributed by atoms with E-state index in [-0.39, 0.29) is 0 Å². The van der Waals surface area contributed by atoms with Gasteiger partial charge in [-0.15, -0.1) is 0 Å². The molecule has 0 bridgehead atoms. The maximum Gasteiger partial charge on any atom is 0.130 e. The van der Waals surface area contributed by atoms with Crippen LogP contribution in [0.2, 0.25) is 0 Å². The van der Waals surface area contributed by atoms with Crippen molar-refractivity contribution < 1.29 is 4.74 Å². The van der Waals surface area contributed by atoms with Crippen LogP contribution in [0.15, 0.2) is 41.0 Å². The fourth-order valence-corrected chi connectivity index (χ4v) is 2.07. The molecule has 1 aromatic carbocycles. The van der Waals surface area contributed by atoms with Crippen LogP contribution in [0.1, 0.15) is 16.8 Å². The van der Waals surface area contributed by atoms with Gasteiger partial charge in [0.05, 0.1) is 5.69 Å². The molecular weight excluding hydrogens is 278 g/mol. The third-order valence-corrected chi connectivity index (χ3v) is 3.11. The summed E-state index contributed by atoms with van der Waals surface area (Å²) in [4.78, 5) is 4.31. The van der Waals surface area contributed by atoms with Gasteiger partial charge >= 0.3 is 0 Å². The molecule has 2 rings (SSSR count). The Morgan fingerprint density at radius 3 is 2.71 bits per heavy atom. The van der Waals surface area contributed by atoms with Gasteiger partial charge < -0.3 is 4.74 Å². The second-order valence-corrected chi connectivity index (χ2v) is 4.88. The van der Waals surface area contributed by atoms with Crippen LogP contribution in [0.4, 0.5) is 0 Å². The molecule has 0 fully saturated rings. The lowest BCUT2D eigenvalue weighted by atomic mass is 10.2. The highest BCUT2D eigenvalue weighted by molar-refractivity contribution is 9.10. The summed E-state index contributed by atoms with van der Waals surface area (Å²) in [6.07, 6.45) is 1.79. The Morgan fingerprint density at radius 2 is 2.00 bits per heavy atom. The summed E-state index contributed by atoms with van der Waals surface area (Å²) in [6, 6.07) is 9.97. The molecule has 0 unspecified atom stereocenters. The van der Waals surface area contributed by atoms with Crippen molar-refractivity contribution in [1.82, 2.24) is 4.98 Å². The zero-order valence-electron chi connectivity index (χ0n) is 9.90. The highest BCUT2D eigenvalue weighted by Gasteiger charge is 2.03. The molecule has 0 amide bonds. The molecule has 0 aliphatic heterocycles. The molecule has 0 N–H and O–H groups in total. The van der Waals surface area contributed by atoms with Crippen LogP contribution in [0.5, 0.6) is 5.75 Å². The summed E-state index contributed by atoms with van der Waals surface area (Å²) in [5.41, 5.74) is 3.25. The van der Waals surface area contributed by atoms with Crippen molar-refractivity contribution in [1.29, 1.82) is 0 Å². The van der Waals surface area contributed by atoms with Crippen molar-refractivity contribution in [3.05, 3.63) is 57.8 Å². The first kappa shape index (κ1) is 12.1. The molecule has 0 saturated carbocycles. The molecule has 0 saturated heterocycles. The number of aromatic nitrogens is 1. The van der Waals surface area contributed by atoms with Crippen molar-refractivity contribution in [2.24, 2.45) is 0 Å². The van der Waals surface area contributed by atoms with Gasteiger partial charge in [-0.2, -0.15) is 0 Å². The minimum atomic E-state index is 0.509. The molecule has 17 heavy (non-hydrogen) atoms. The Morgan fingerprint density at radius 1 is 1.18 bits per heavy atom. The standard InChI is InChI=1S/C14H14BrNO/c1-10-4-3-7-16-13(10)9-17-14-6-5-12(15)8-11(14)2/h3-8H,9H2,1-2H3. The van der Waals surface area contributed by atoms with E-state index < -0.39 is 0 Å². The van der Waals surface area contributed by atoms with Gasteiger partial charge in [0.2, 0.25) is 0 Å². The van der Waals surface area contributed by atoms with E-state index in [1.807, 2.05) is 44.2 Å². The predicted molar refractivity (Wildman–Crippen MR) is 72.2 cm³/mol.